The highest BCUT2D eigenvalue weighted by Crippen LogP contribution is 2.30. The number of aryl methyl sites for hydroxylation is 1. The molecule has 0 radical (unpaired) electrons. The third-order valence-corrected chi connectivity index (χ3v) is 3.78. The first-order chi connectivity index (χ1) is 13.2. The van der Waals surface area contributed by atoms with Crippen LogP contribution in [0.25, 0.3) is 0 Å². The summed E-state index contributed by atoms with van der Waals surface area (Å²) in [6, 6.07) is 14.6. The van der Waals surface area contributed by atoms with Crippen molar-refractivity contribution in [1.29, 1.82) is 0 Å². The van der Waals surface area contributed by atoms with Gasteiger partial charge < -0.3 is 10.6 Å². The fourth-order valence-electron chi connectivity index (χ4n) is 2.49. The molecule has 2 N–H and O–H groups in total. The van der Waals surface area contributed by atoms with E-state index in [-0.39, 0.29) is 11.6 Å². The van der Waals surface area contributed by atoms with Crippen molar-refractivity contribution >= 4 is 23.2 Å². The highest BCUT2D eigenvalue weighted by molar-refractivity contribution is 6.06. The Morgan fingerprint density at radius 3 is 2.07 bits per heavy atom. The average Bonchev–Trinajstić information content (AvgIpc) is 3.05. The number of anilines is 2. The van der Waals surface area contributed by atoms with Gasteiger partial charge in [0.05, 0.1) is 5.56 Å². The molecule has 3 aromatic rings. The molecule has 28 heavy (non-hydrogen) atoms. The van der Waals surface area contributed by atoms with Crippen LogP contribution in [0.2, 0.25) is 0 Å². The molecule has 0 fully saturated rings. The minimum absolute atomic E-state index is 0.248. The van der Waals surface area contributed by atoms with Gasteiger partial charge in [0.15, 0.2) is 5.69 Å². The van der Waals surface area contributed by atoms with Crippen LogP contribution in [0.3, 0.4) is 0 Å². The van der Waals surface area contributed by atoms with Crippen LogP contribution >= 0.6 is 0 Å². The summed E-state index contributed by atoms with van der Waals surface area (Å²) in [5.41, 5.74) is -0.633. The molecule has 0 saturated carbocycles. The number of nitrogens with one attached hydrogen (secondary N) is 2. The summed E-state index contributed by atoms with van der Waals surface area (Å²) in [7, 11) is 1.30. The van der Waals surface area contributed by atoms with Gasteiger partial charge in [0.2, 0.25) is 0 Å². The molecule has 0 saturated heterocycles. The lowest BCUT2D eigenvalue weighted by Gasteiger charge is -2.08. The molecule has 2 aromatic carbocycles. The molecule has 2 amide bonds. The molecular formula is C19H15F3N4O2. The zero-order chi connectivity index (χ0) is 20.3. The van der Waals surface area contributed by atoms with E-state index in [9.17, 15) is 22.8 Å². The SMILES string of the molecule is Cn1cc(C(=O)Nc2ccc(C(=O)Nc3ccccc3)cc2)c(C(F)(F)F)n1. The van der Waals surface area contributed by atoms with Crippen LogP contribution in [-0.4, -0.2) is 21.6 Å². The van der Waals surface area contributed by atoms with Gasteiger partial charge in [-0.1, -0.05) is 18.2 Å². The molecule has 0 aliphatic carbocycles. The van der Waals surface area contributed by atoms with Crippen molar-refractivity contribution in [2.75, 3.05) is 10.6 Å². The molecule has 1 heterocycles. The van der Waals surface area contributed by atoms with Gasteiger partial charge in [-0.15, -0.1) is 0 Å². The molecule has 0 spiro atoms. The maximum atomic E-state index is 13.0. The summed E-state index contributed by atoms with van der Waals surface area (Å²) in [5, 5.41) is 8.38. The van der Waals surface area contributed by atoms with Gasteiger partial charge in [-0.2, -0.15) is 18.3 Å². The molecule has 0 unspecified atom stereocenters. The maximum Gasteiger partial charge on any atom is 0.435 e. The van der Waals surface area contributed by atoms with Crippen molar-refractivity contribution < 1.29 is 22.8 Å². The number of nitrogens with zero attached hydrogens (tertiary/aromatic N) is 2. The Bertz CT molecular complexity index is 996. The number of hydrogen-bond donors (Lipinski definition) is 2. The van der Waals surface area contributed by atoms with Gasteiger partial charge in [0.1, 0.15) is 0 Å². The summed E-state index contributed by atoms with van der Waals surface area (Å²) in [4.78, 5) is 24.4. The Kier molecular flexibility index (Phi) is 5.16. The summed E-state index contributed by atoms with van der Waals surface area (Å²) in [6.45, 7) is 0. The third kappa shape index (κ3) is 4.37. The Morgan fingerprint density at radius 1 is 0.893 bits per heavy atom. The monoisotopic (exact) mass is 388 g/mol. The third-order valence-electron chi connectivity index (χ3n) is 3.78. The number of halogens is 3. The average molecular weight is 388 g/mol. The Morgan fingerprint density at radius 2 is 1.46 bits per heavy atom. The number of carbonyl (C=O) groups excluding carboxylic acids is 2. The number of rotatable bonds is 4. The molecule has 3 rings (SSSR count). The van der Waals surface area contributed by atoms with Crippen molar-refractivity contribution in [3.63, 3.8) is 0 Å². The van der Waals surface area contributed by atoms with E-state index in [0.717, 1.165) is 10.9 Å². The molecule has 1 aromatic heterocycles. The number of aromatic nitrogens is 2. The highest BCUT2D eigenvalue weighted by Gasteiger charge is 2.39. The van der Waals surface area contributed by atoms with E-state index >= 15 is 0 Å². The maximum absolute atomic E-state index is 13.0. The van der Waals surface area contributed by atoms with Crippen LogP contribution in [0.5, 0.6) is 0 Å². The minimum Gasteiger partial charge on any atom is -0.322 e. The van der Waals surface area contributed by atoms with Crippen LogP contribution < -0.4 is 10.6 Å². The smallest absolute Gasteiger partial charge is 0.322 e. The van der Waals surface area contributed by atoms with Crippen molar-refractivity contribution in [1.82, 2.24) is 9.78 Å². The number of benzene rings is 2. The fraction of sp³-hybridized carbons (Fsp3) is 0.105. The molecule has 0 aliphatic heterocycles. The van der Waals surface area contributed by atoms with E-state index < -0.39 is 23.3 Å². The molecular weight excluding hydrogens is 373 g/mol. The highest BCUT2D eigenvalue weighted by atomic mass is 19.4. The van der Waals surface area contributed by atoms with Crippen molar-refractivity contribution in [2.24, 2.45) is 7.05 Å². The normalized spacial score (nSPS) is 11.1. The van der Waals surface area contributed by atoms with Crippen LogP contribution in [-0.2, 0) is 13.2 Å². The summed E-state index contributed by atoms with van der Waals surface area (Å²) in [5.74, 6) is -1.29. The van der Waals surface area contributed by atoms with Gasteiger partial charge in [0, 0.05) is 30.2 Å². The molecule has 6 nitrogen and oxygen atoms in total. The van der Waals surface area contributed by atoms with Crippen molar-refractivity contribution in [2.45, 2.75) is 6.18 Å². The van der Waals surface area contributed by atoms with Crippen LogP contribution in [0.15, 0.2) is 60.8 Å². The van der Waals surface area contributed by atoms with Gasteiger partial charge >= 0.3 is 6.18 Å². The number of hydrogen-bond acceptors (Lipinski definition) is 3. The number of para-hydroxylation sites is 1. The fourth-order valence-corrected chi connectivity index (χ4v) is 2.49. The summed E-state index contributed by atoms with van der Waals surface area (Å²) in [6.07, 6.45) is -3.74. The van der Waals surface area contributed by atoms with E-state index in [1.54, 1.807) is 24.3 Å². The van der Waals surface area contributed by atoms with E-state index in [2.05, 4.69) is 15.7 Å². The minimum atomic E-state index is -4.74. The Balaban J connectivity index is 1.71. The predicted molar refractivity (Wildman–Crippen MR) is 97.0 cm³/mol. The summed E-state index contributed by atoms with van der Waals surface area (Å²) >= 11 is 0. The van der Waals surface area contributed by atoms with Gasteiger partial charge in [0.25, 0.3) is 11.8 Å². The Hall–Kier alpha value is -3.62. The molecule has 9 heteroatoms. The van der Waals surface area contributed by atoms with Crippen molar-refractivity contribution in [3.8, 4) is 0 Å². The predicted octanol–water partition coefficient (Wildman–Crippen LogP) is 3.94. The lowest BCUT2D eigenvalue weighted by atomic mass is 10.1. The van der Waals surface area contributed by atoms with E-state index in [1.165, 1.54) is 31.3 Å². The van der Waals surface area contributed by atoms with Gasteiger partial charge in [-0.05, 0) is 36.4 Å². The van der Waals surface area contributed by atoms with Crippen LogP contribution in [0, 0.1) is 0 Å². The summed E-state index contributed by atoms with van der Waals surface area (Å²) < 4.78 is 39.9. The van der Waals surface area contributed by atoms with Crippen LogP contribution in [0.4, 0.5) is 24.5 Å². The van der Waals surface area contributed by atoms with E-state index in [4.69, 9.17) is 0 Å². The first-order valence-corrected chi connectivity index (χ1v) is 8.12. The first-order valence-electron chi connectivity index (χ1n) is 8.12. The largest absolute Gasteiger partial charge is 0.435 e. The molecule has 144 valence electrons. The molecule has 0 atom stereocenters. The molecule has 0 aliphatic rings. The van der Waals surface area contributed by atoms with Gasteiger partial charge in [-0.25, -0.2) is 0 Å². The standard InChI is InChI=1S/C19H15F3N4O2/c1-26-11-15(16(25-26)19(20,21)22)18(28)24-14-9-7-12(8-10-14)17(27)23-13-5-3-2-4-6-13/h2-11H,1H3,(H,23,27)(H,24,28). The van der Waals surface area contributed by atoms with E-state index in [0.29, 0.717) is 11.3 Å². The topological polar surface area (TPSA) is 76.0 Å². The zero-order valence-corrected chi connectivity index (χ0v) is 14.6. The Labute approximate surface area is 158 Å². The zero-order valence-electron chi connectivity index (χ0n) is 14.6. The van der Waals surface area contributed by atoms with Crippen LogP contribution in [0.1, 0.15) is 26.4 Å². The number of carbonyl (C=O) groups is 2. The number of alkyl halides is 3. The van der Waals surface area contributed by atoms with E-state index in [1.807, 2.05) is 6.07 Å². The lowest BCUT2D eigenvalue weighted by molar-refractivity contribution is -0.141. The molecule has 0 bridgehead atoms. The van der Waals surface area contributed by atoms with Gasteiger partial charge in [-0.3, -0.25) is 14.3 Å². The first kappa shape index (κ1) is 19.2. The second kappa shape index (κ2) is 7.55. The number of amides is 2. The van der Waals surface area contributed by atoms with Crippen molar-refractivity contribution in [3.05, 3.63) is 77.6 Å². The second-order valence-electron chi connectivity index (χ2n) is 5.91. The lowest BCUT2D eigenvalue weighted by Crippen LogP contribution is -2.18. The second-order valence-corrected chi connectivity index (χ2v) is 5.91. The quantitative estimate of drug-likeness (QED) is 0.711.